The summed E-state index contributed by atoms with van der Waals surface area (Å²) >= 11 is 3.34. The third kappa shape index (κ3) is 2.85. The van der Waals surface area contributed by atoms with Crippen LogP contribution >= 0.6 is 15.9 Å². The van der Waals surface area contributed by atoms with Crippen LogP contribution in [0, 0.1) is 0 Å². The van der Waals surface area contributed by atoms with Gasteiger partial charge in [-0.15, -0.1) is 0 Å². The van der Waals surface area contributed by atoms with Crippen LogP contribution in [0.15, 0.2) is 16.9 Å². The van der Waals surface area contributed by atoms with Gasteiger partial charge < -0.3 is 15.2 Å². The van der Waals surface area contributed by atoms with Crippen LogP contribution in [0.25, 0.3) is 0 Å². The van der Waals surface area contributed by atoms with Crippen LogP contribution < -0.4 is 15.2 Å². The van der Waals surface area contributed by atoms with Gasteiger partial charge >= 0.3 is 0 Å². The minimum atomic E-state index is 0.579. The second-order valence-electron chi connectivity index (χ2n) is 2.64. The number of ether oxygens (including phenoxy) is 2. The zero-order chi connectivity index (χ0) is 10.4. The Labute approximate surface area is 91.5 Å². The zero-order valence-electron chi connectivity index (χ0n) is 8.00. The number of halogens is 1. The number of hydrogen-bond donors (Lipinski definition) is 1. The molecule has 0 aliphatic rings. The number of rotatable bonds is 5. The molecule has 5 heteroatoms. The van der Waals surface area contributed by atoms with E-state index in [1.54, 1.807) is 19.5 Å². The third-order valence-electron chi connectivity index (χ3n) is 1.64. The Hall–Kier alpha value is -0.810. The topological polar surface area (TPSA) is 57.4 Å². The quantitative estimate of drug-likeness (QED) is 0.817. The molecular weight excluding hydrogens is 248 g/mol. The van der Waals surface area contributed by atoms with E-state index in [1.165, 1.54) is 0 Å². The first-order valence-corrected chi connectivity index (χ1v) is 5.09. The molecule has 14 heavy (non-hydrogen) atoms. The highest BCUT2D eigenvalue weighted by Crippen LogP contribution is 2.33. The van der Waals surface area contributed by atoms with E-state index >= 15 is 0 Å². The Morgan fingerprint density at radius 2 is 2.29 bits per heavy atom. The molecule has 0 aromatic carbocycles. The summed E-state index contributed by atoms with van der Waals surface area (Å²) in [5.41, 5.74) is 5.37. The molecular formula is C9H13BrN2O2. The van der Waals surface area contributed by atoms with Crippen molar-refractivity contribution in [2.45, 2.75) is 6.42 Å². The largest absolute Gasteiger partial charge is 0.491 e. The fraction of sp³-hybridized carbons (Fsp3) is 0.444. The van der Waals surface area contributed by atoms with E-state index in [4.69, 9.17) is 15.2 Å². The van der Waals surface area contributed by atoms with Crippen molar-refractivity contribution in [2.75, 3.05) is 20.3 Å². The molecule has 0 unspecified atom stereocenters. The van der Waals surface area contributed by atoms with E-state index in [0.717, 1.165) is 10.9 Å². The molecule has 0 fully saturated rings. The maximum Gasteiger partial charge on any atom is 0.180 e. The van der Waals surface area contributed by atoms with E-state index in [9.17, 15) is 0 Å². The van der Waals surface area contributed by atoms with Gasteiger partial charge in [-0.25, -0.2) is 0 Å². The standard InChI is InChI=1S/C9H13BrN2O2/c1-13-8-6-12-5-7(10)9(8)14-4-2-3-11/h5-6H,2-4,11H2,1H3. The highest BCUT2D eigenvalue weighted by Gasteiger charge is 2.08. The van der Waals surface area contributed by atoms with Gasteiger partial charge in [0, 0.05) is 6.20 Å². The Morgan fingerprint density at radius 3 is 2.93 bits per heavy atom. The molecule has 0 spiro atoms. The monoisotopic (exact) mass is 260 g/mol. The van der Waals surface area contributed by atoms with E-state index in [0.29, 0.717) is 24.7 Å². The lowest BCUT2D eigenvalue weighted by molar-refractivity contribution is 0.288. The van der Waals surface area contributed by atoms with Gasteiger partial charge in [-0.1, -0.05) is 0 Å². The van der Waals surface area contributed by atoms with E-state index in [-0.39, 0.29) is 0 Å². The molecule has 0 atom stereocenters. The molecule has 1 aromatic rings. The Morgan fingerprint density at radius 1 is 1.50 bits per heavy atom. The smallest absolute Gasteiger partial charge is 0.180 e. The van der Waals surface area contributed by atoms with Crippen molar-refractivity contribution in [1.82, 2.24) is 4.98 Å². The van der Waals surface area contributed by atoms with Crippen LogP contribution in [0.1, 0.15) is 6.42 Å². The van der Waals surface area contributed by atoms with Crippen molar-refractivity contribution in [1.29, 1.82) is 0 Å². The summed E-state index contributed by atoms with van der Waals surface area (Å²) in [6.07, 6.45) is 4.10. The van der Waals surface area contributed by atoms with Gasteiger partial charge in [0.05, 0.1) is 24.4 Å². The van der Waals surface area contributed by atoms with Crippen molar-refractivity contribution < 1.29 is 9.47 Å². The Kier molecular flexibility index (Phi) is 4.69. The minimum Gasteiger partial charge on any atom is -0.491 e. The molecule has 78 valence electrons. The lowest BCUT2D eigenvalue weighted by atomic mass is 10.4. The van der Waals surface area contributed by atoms with Gasteiger partial charge in [0.2, 0.25) is 0 Å². The molecule has 0 aliphatic carbocycles. The molecule has 1 aromatic heterocycles. The Bertz CT molecular complexity index is 294. The number of pyridine rings is 1. The molecule has 0 saturated carbocycles. The van der Waals surface area contributed by atoms with Crippen LogP contribution in [0.3, 0.4) is 0 Å². The first-order chi connectivity index (χ1) is 6.79. The molecule has 4 nitrogen and oxygen atoms in total. The van der Waals surface area contributed by atoms with Crippen molar-refractivity contribution in [3.63, 3.8) is 0 Å². The molecule has 1 rings (SSSR count). The van der Waals surface area contributed by atoms with Gasteiger partial charge in [0.15, 0.2) is 11.5 Å². The first-order valence-electron chi connectivity index (χ1n) is 4.30. The number of hydrogen-bond acceptors (Lipinski definition) is 4. The number of methoxy groups -OCH3 is 1. The zero-order valence-corrected chi connectivity index (χ0v) is 9.58. The maximum atomic E-state index is 5.51. The normalized spacial score (nSPS) is 9.93. The third-order valence-corrected chi connectivity index (χ3v) is 2.20. The van der Waals surface area contributed by atoms with Crippen LogP contribution in [-0.2, 0) is 0 Å². The van der Waals surface area contributed by atoms with Gasteiger partial charge in [-0.2, -0.15) is 0 Å². The number of nitrogens with two attached hydrogens (primary N) is 1. The fourth-order valence-electron chi connectivity index (χ4n) is 0.948. The summed E-state index contributed by atoms with van der Waals surface area (Å²) in [4.78, 5) is 3.97. The number of nitrogens with zero attached hydrogens (tertiary/aromatic N) is 1. The van der Waals surface area contributed by atoms with E-state index in [1.807, 2.05) is 0 Å². The average Bonchev–Trinajstić information content (AvgIpc) is 2.20. The SMILES string of the molecule is COc1cncc(Br)c1OCCCN. The highest BCUT2D eigenvalue weighted by atomic mass is 79.9. The van der Waals surface area contributed by atoms with Crippen LogP contribution in [0.4, 0.5) is 0 Å². The molecule has 2 N–H and O–H groups in total. The van der Waals surface area contributed by atoms with E-state index in [2.05, 4.69) is 20.9 Å². The first kappa shape index (κ1) is 11.3. The van der Waals surface area contributed by atoms with Crippen molar-refractivity contribution in [3.05, 3.63) is 16.9 Å². The second-order valence-corrected chi connectivity index (χ2v) is 3.50. The van der Waals surface area contributed by atoms with Crippen LogP contribution in [-0.4, -0.2) is 25.2 Å². The molecule has 0 amide bonds. The fourth-order valence-corrected chi connectivity index (χ4v) is 1.38. The highest BCUT2D eigenvalue weighted by molar-refractivity contribution is 9.10. The van der Waals surface area contributed by atoms with Crippen molar-refractivity contribution >= 4 is 15.9 Å². The molecule has 0 saturated heterocycles. The predicted molar refractivity (Wildman–Crippen MR) is 57.7 cm³/mol. The average molecular weight is 261 g/mol. The van der Waals surface area contributed by atoms with Crippen molar-refractivity contribution in [2.24, 2.45) is 5.73 Å². The maximum absolute atomic E-state index is 5.51. The molecule has 1 heterocycles. The van der Waals surface area contributed by atoms with Gasteiger partial charge in [-0.3, -0.25) is 4.98 Å². The minimum absolute atomic E-state index is 0.579. The lowest BCUT2D eigenvalue weighted by Crippen LogP contribution is -2.07. The lowest BCUT2D eigenvalue weighted by Gasteiger charge is -2.10. The Balaban J connectivity index is 2.72. The second kappa shape index (κ2) is 5.82. The van der Waals surface area contributed by atoms with Crippen LogP contribution in [0.5, 0.6) is 11.5 Å². The molecule has 0 bridgehead atoms. The summed E-state index contributed by atoms with van der Waals surface area (Å²) in [5, 5.41) is 0. The summed E-state index contributed by atoms with van der Waals surface area (Å²) in [5.74, 6) is 1.30. The summed E-state index contributed by atoms with van der Waals surface area (Å²) in [7, 11) is 1.58. The molecule has 0 radical (unpaired) electrons. The summed E-state index contributed by atoms with van der Waals surface area (Å²) < 4.78 is 11.4. The van der Waals surface area contributed by atoms with Gasteiger partial charge in [0.1, 0.15) is 0 Å². The summed E-state index contributed by atoms with van der Waals surface area (Å²) in [6, 6.07) is 0. The number of aromatic nitrogens is 1. The van der Waals surface area contributed by atoms with Gasteiger partial charge in [-0.05, 0) is 28.9 Å². The summed E-state index contributed by atoms with van der Waals surface area (Å²) in [6.45, 7) is 1.19. The van der Waals surface area contributed by atoms with Crippen LogP contribution in [0.2, 0.25) is 0 Å². The van der Waals surface area contributed by atoms with E-state index < -0.39 is 0 Å². The van der Waals surface area contributed by atoms with Crippen molar-refractivity contribution in [3.8, 4) is 11.5 Å². The molecule has 0 aliphatic heterocycles. The predicted octanol–water partition coefficient (Wildman–Crippen LogP) is 1.58. The van der Waals surface area contributed by atoms with Gasteiger partial charge in [0.25, 0.3) is 0 Å².